The van der Waals surface area contributed by atoms with Crippen LogP contribution in [0, 0.1) is 0 Å². The van der Waals surface area contributed by atoms with Crippen molar-refractivity contribution in [2.75, 3.05) is 6.61 Å². The molecule has 0 fully saturated rings. The average molecular weight is 191 g/mol. The summed E-state index contributed by atoms with van der Waals surface area (Å²) in [5.74, 6) is -0.499. The molecule has 0 bridgehead atoms. The Kier molecular flexibility index (Phi) is 5.20. The largest absolute Gasteiger partial charge is 0.394 e. The van der Waals surface area contributed by atoms with E-state index in [0.29, 0.717) is 6.29 Å². The molecule has 0 saturated carbocycles. The van der Waals surface area contributed by atoms with Crippen molar-refractivity contribution in [1.29, 1.82) is 0 Å². The van der Waals surface area contributed by atoms with Crippen LogP contribution in [0.5, 0.6) is 0 Å². The van der Waals surface area contributed by atoms with Crippen LogP contribution < -0.4 is 5.32 Å². The lowest BCUT2D eigenvalue weighted by atomic mass is 10.1. The number of aldehydes is 1. The SMILES string of the molecule is CC(=O)N[C@H](C=O)[C@@H](O)[C@H](O)CO. The molecule has 0 aromatic carbocycles. The van der Waals surface area contributed by atoms with Crippen molar-refractivity contribution >= 4 is 12.2 Å². The normalized spacial score (nSPS) is 17.2. The number of carbonyl (C=O) groups excluding carboxylic acids is 2. The lowest BCUT2D eigenvalue weighted by Crippen LogP contribution is -2.49. The lowest BCUT2D eigenvalue weighted by molar-refractivity contribution is -0.126. The van der Waals surface area contributed by atoms with E-state index < -0.39 is 30.8 Å². The first kappa shape index (κ1) is 12.0. The molecule has 6 heteroatoms. The van der Waals surface area contributed by atoms with Gasteiger partial charge in [0.2, 0.25) is 5.91 Å². The first-order chi connectivity index (χ1) is 6.02. The van der Waals surface area contributed by atoms with Crippen molar-refractivity contribution in [3.8, 4) is 0 Å². The zero-order valence-corrected chi connectivity index (χ0v) is 7.17. The van der Waals surface area contributed by atoms with Gasteiger partial charge < -0.3 is 25.4 Å². The topological polar surface area (TPSA) is 107 Å². The van der Waals surface area contributed by atoms with E-state index >= 15 is 0 Å². The Labute approximate surface area is 75.2 Å². The van der Waals surface area contributed by atoms with Gasteiger partial charge in [-0.3, -0.25) is 4.79 Å². The third-order valence-electron chi connectivity index (χ3n) is 1.47. The summed E-state index contributed by atoms with van der Waals surface area (Å²) in [7, 11) is 0. The van der Waals surface area contributed by atoms with E-state index in [2.05, 4.69) is 5.32 Å². The molecule has 3 atom stereocenters. The Morgan fingerprint density at radius 1 is 1.54 bits per heavy atom. The highest BCUT2D eigenvalue weighted by Crippen LogP contribution is 1.97. The van der Waals surface area contributed by atoms with E-state index in [9.17, 15) is 14.7 Å². The Morgan fingerprint density at radius 2 is 2.08 bits per heavy atom. The van der Waals surface area contributed by atoms with Crippen molar-refractivity contribution in [3.05, 3.63) is 0 Å². The summed E-state index contributed by atoms with van der Waals surface area (Å²) >= 11 is 0. The van der Waals surface area contributed by atoms with Gasteiger partial charge in [0, 0.05) is 6.92 Å². The summed E-state index contributed by atoms with van der Waals surface area (Å²) in [6.45, 7) is 0.500. The molecule has 0 radical (unpaired) electrons. The molecule has 76 valence electrons. The van der Waals surface area contributed by atoms with Gasteiger partial charge in [0.25, 0.3) is 0 Å². The summed E-state index contributed by atoms with van der Waals surface area (Å²) in [6, 6.07) is -1.19. The van der Waals surface area contributed by atoms with Gasteiger partial charge in [-0.2, -0.15) is 0 Å². The van der Waals surface area contributed by atoms with Crippen LogP contribution >= 0.6 is 0 Å². The maximum atomic E-state index is 10.5. The molecule has 0 saturated heterocycles. The highest BCUT2D eigenvalue weighted by atomic mass is 16.4. The van der Waals surface area contributed by atoms with Crippen molar-refractivity contribution in [2.45, 2.75) is 25.2 Å². The van der Waals surface area contributed by atoms with Crippen molar-refractivity contribution in [1.82, 2.24) is 5.32 Å². The molecule has 0 heterocycles. The predicted octanol–water partition coefficient (Wildman–Crippen LogP) is -2.60. The third kappa shape index (κ3) is 3.97. The molecule has 0 aliphatic carbocycles. The molecular formula is C7H13NO5. The molecule has 0 rings (SSSR count). The minimum Gasteiger partial charge on any atom is -0.394 e. The van der Waals surface area contributed by atoms with Gasteiger partial charge in [-0.25, -0.2) is 0 Å². The van der Waals surface area contributed by atoms with Gasteiger partial charge in [-0.15, -0.1) is 0 Å². The summed E-state index contributed by atoms with van der Waals surface area (Å²) < 4.78 is 0. The quantitative estimate of drug-likeness (QED) is 0.357. The molecule has 6 nitrogen and oxygen atoms in total. The molecule has 0 aliphatic rings. The van der Waals surface area contributed by atoms with Crippen LogP contribution in [0.2, 0.25) is 0 Å². The second-order valence-electron chi connectivity index (χ2n) is 2.60. The van der Waals surface area contributed by atoms with Crippen LogP contribution in [-0.4, -0.2) is 52.4 Å². The monoisotopic (exact) mass is 191 g/mol. The number of aliphatic hydroxyl groups excluding tert-OH is 3. The predicted molar refractivity (Wildman–Crippen MR) is 42.8 cm³/mol. The van der Waals surface area contributed by atoms with E-state index in [-0.39, 0.29) is 0 Å². The maximum absolute atomic E-state index is 10.5. The lowest BCUT2D eigenvalue weighted by Gasteiger charge is -2.21. The van der Waals surface area contributed by atoms with E-state index in [1.807, 2.05) is 0 Å². The number of hydrogen-bond donors (Lipinski definition) is 4. The van der Waals surface area contributed by atoms with Crippen LogP contribution in [0.25, 0.3) is 0 Å². The van der Waals surface area contributed by atoms with Crippen molar-refractivity contribution in [2.24, 2.45) is 0 Å². The van der Waals surface area contributed by atoms with E-state index in [0.717, 1.165) is 0 Å². The molecule has 0 aliphatic heterocycles. The van der Waals surface area contributed by atoms with E-state index in [1.54, 1.807) is 0 Å². The Balaban J connectivity index is 4.21. The van der Waals surface area contributed by atoms with Crippen LogP contribution in [0.4, 0.5) is 0 Å². The number of carbonyl (C=O) groups is 2. The Hall–Kier alpha value is -0.980. The molecule has 1 amide bonds. The van der Waals surface area contributed by atoms with Crippen LogP contribution in [0.15, 0.2) is 0 Å². The summed E-state index contributed by atoms with van der Waals surface area (Å²) in [6.07, 6.45) is -2.64. The van der Waals surface area contributed by atoms with Gasteiger partial charge in [-0.05, 0) is 0 Å². The molecule has 0 aromatic rings. The van der Waals surface area contributed by atoms with E-state index in [4.69, 9.17) is 10.2 Å². The number of rotatable bonds is 5. The van der Waals surface area contributed by atoms with Crippen molar-refractivity contribution < 1.29 is 24.9 Å². The number of amides is 1. The number of hydrogen-bond acceptors (Lipinski definition) is 5. The second-order valence-corrected chi connectivity index (χ2v) is 2.60. The second kappa shape index (κ2) is 5.63. The first-order valence-corrected chi connectivity index (χ1v) is 3.72. The fraction of sp³-hybridized carbons (Fsp3) is 0.714. The molecule has 0 spiro atoms. The Bertz CT molecular complexity index is 184. The zero-order chi connectivity index (χ0) is 10.4. The van der Waals surface area contributed by atoms with Crippen LogP contribution in [0.3, 0.4) is 0 Å². The van der Waals surface area contributed by atoms with Gasteiger partial charge in [0.05, 0.1) is 6.61 Å². The highest BCUT2D eigenvalue weighted by Gasteiger charge is 2.25. The summed E-state index contributed by atoms with van der Waals surface area (Å²) in [5, 5.41) is 28.7. The van der Waals surface area contributed by atoms with E-state index in [1.165, 1.54) is 6.92 Å². The Morgan fingerprint density at radius 3 is 2.38 bits per heavy atom. The third-order valence-corrected chi connectivity index (χ3v) is 1.47. The fourth-order valence-corrected chi connectivity index (χ4v) is 0.782. The summed E-state index contributed by atoms with van der Waals surface area (Å²) in [4.78, 5) is 20.8. The molecular weight excluding hydrogens is 178 g/mol. The van der Waals surface area contributed by atoms with Gasteiger partial charge in [0.15, 0.2) is 0 Å². The maximum Gasteiger partial charge on any atom is 0.217 e. The smallest absolute Gasteiger partial charge is 0.217 e. The van der Waals surface area contributed by atoms with Crippen LogP contribution in [-0.2, 0) is 9.59 Å². The first-order valence-electron chi connectivity index (χ1n) is 3.72. The van der Waals surface area contributed by atoms with Crippen LogP contribution in [0.1, 0.15) is 6.92 Å². The van der Waals surface area contributed by atoms with Gasteiger partial charge in [-0.1, -0.05) is 0 Å². The average Bonchev–Trinajstić information content (AvgIpc) is 2.11. The molecule has 13 heavy (non-hydrogen) atoms. The number of aliphatic hydroxyl groups is 3. The number of nitrogens with one attached hydrogen (secondary N) is 1. The zero-order valence-electron chi connectivity index (χ0n) is 7.17. The fourth-order valence-electron chi connectivity index (χ4n) is 0.782. The molecule has 0 unspecified atom stereocenters. The molecule has 0 aromatic heterocycles. The highest BCUT2D eigenvalue weighted by molar-refractivity contribution is 5.77. The minimum absolute atomic E-state index is 0.297. The standard InChI is InChI=1S/C7H13NO5/c1-4(11)8-5(2-9)7(13)6(12)3-10/h2,5-7,10,12-13H,3H2,1H3,(H,8,11)/t5-,6-,7-/m1/s1. The van der Waals surface area contributed by atoms with Gasteiger partial charge in [0.1, 0.15) is 24.5 Å². The van der Waals surface area contributed by atoms with Crippen molar-refractivity contribution in [3.63, 3.8) is 0 Å². The van der Waals surface area contributed by atoms with Gasteiger partial charge >= 0.3 is 0 Å². The molecule has 4 N–H and O–H groups in total. The minimum atomic E-state index is -1.49. The summed E-state index contributed by atoms with van der Waals surface area (Å²) in [5.41, 5.74) is 0.